The smallest absolute Gasteiger partial charge is 0.220 e. The zero-order valence-electron chi connectivity index (χ0n) is 11.9. The van der Waals surface area contributed by atoms with Gasteiger partial charge in [-0.05, 0) is 47.4 Å². The van der Waals surface area contributed by atoms with Gasteiger partial charge in [0.2, 0.25) is 5.91 Å². The summed E-state index contributed by atoms with van der Waals surface area (Å²) in [5.74, 6) is 0.0330. The van der Waals surface area contributed by atoms with Gasteiger partial charge < -0.3 is 10.4 Å². The molecule has 1 unspecified atom stereocenters. The van der Waals surface area contributed by atoms with Crippen molar-refractivity contribution < 1.29 is 9.90 Å². The standard InChI is InChI=1S/C16H20N2O2S/c19-11-14(9-15-3-1-2-7-17-15)10-18-16(20)5-4-13-6-8-21-12-13/h1-3,6-8,12,14,19H,4-5,9-11H2,(H,18,20). The lowest BCUT2D eigenvalue weighted by Crippen LogP contribution is -2.32. The van der Waals surface area contributed by atoms with Crippen LogP contribution in [-0.2, 0) is 17.6 Å². The molecule has 0 saturated heterocycles. The SMILES string of the molecule is O=C(CCc1ccsc1)NCC(CO)Cc1ccccn1. The van der Waals surface area contributed by atoms with Crippen LogP contribution in [0.4, 0.5) is 0 Å². The molecule has 0 bridgehead atoms. The number of carbonyl (C=O) groups is 1. The molecule has 0 aliphatic heterocycles. The maximum absolute atomic E-state index is 11.8. The van der Waals surface area contributed by atoms with Crippen molar-refractivity contribution in [3.8, 4) is 0 Å². The quantitative estimate of drug-likeness (QED) is 0.784. The number of nitrogens with zero attached hydrogens (tertiary/aromatic N) is 1. The Morgan fingerprint density at radius 3 is 2.95 bits per heavy atom. The number of hydrogen-bond donors (Lipinski definition) is 2. The van der Waals surface area contributed by atoms with Crippen molar-refractivity contribution in [2.24, 2.45) is 5.92 Å². The summed E-state index contributed by atoms with van der Waals surface area (Å²) in [5, 5.41) is 16.4. The largest absolute Gasteiger partial charge is 0.396 e. The minimum atomic E-state index is 0.00463. The zero-order valence-corrected chi connectivity index (χ0v) is 12.7. The molecule has 1 amide bonds. The average Bonchev–Trinajstić information content (AvgIpc) is 3.03. The van der Waals surface area contributed by atoms with Gasteiger partial charge in [0.25, 0.3) is 0 Å². The Morgan fingerprint density at radius 1 is 1.38 bits per heavy atom. The minimum Gasteiger partial charge on any atom is -0.396 e. The number of hydrogen-bond acceptors (Lipinski definition) is 4. The van der Waals surface area contributed by atoms with Gasteiger partial charge in [-0.15, -0.1) is 0 Å². The summed E-state index contributed by atoms with van der Waals surface area (Å²) in [5.41, 5.74) is 2.13. The molecule has 2 rings (SSSR count). The number of rotatable bonds is 8. The molecule has 0 aromatic carbocycles. The minimum absolute atomic E-state index is 0.00463. The number of amides is 1. The van der Waals surface area contributed by atoms with E-state index >= 15 is 0 Å². The summed E-state index contributed by atoms with van der Waals surface area (Å²) in [6, 6.07) is 7.76. The van der Waals surface area contributed by atoms with Gasteiger partial charge >= 0.3 is 0 Å². The molecule has 2 aromatic rings. The molecule has 0 spiro atoms. The molecular weight excluding hydrogens is 284 g/mol. The number of aliphatic hydroxyl groups excluding tert-OH is 1. The molecule has 4 nitrogen and oxygen atoms in total. The van der Waals surface area contributed by atoms with Gasteiger partial charge in [-0.2, -0.15) is 11.3 Å². The van der Waals surface area contributed by atoms with Gasteiger partial charge in [0, 0.05) is 37.4 Å². The molecule has 2 N–H and O–H groups in total. The Morgan fingerprint density at radius 2 is 2.29 bits per heavy atom. The molecule has 1 atom stereocenters. The van der Waals surface area contributed by atoms with Crippen LogP contribution in [-0.4, -0.2) is 29.1 Å². The highest BCUT2D eigenvalue weighted by atomic mass is 32.1. The lowest BCUT2D eigenvalue weighted by Gasteiger charge is -2.14. The first-order valence-corrected chi connectivity index (χ1v) is 8.00. The third kappa shape index (κ3) is 5.65. The lowest BCUT2D eigenvalue weighted by molar-refractivity contribution is -0.121. The van der Waals surface area contributed by atoms with Crippen LogP contribution < -0.4 is 5.32 Å². The first kappa shape index (κ1) is 15.7. The van der Waals surface area contributed by atoms with Crippen molar-refractivity contribution >= 4 is 17.2 Å². The van der Waals surface area contributed by atoms with E-state index in [1.807, 2.05) is 29.6 Å². The molecule has 2 heterocycles. The van der Waals surface area contributed by atoms with Crippen LogP contribution in [0.25, 0.3) is 0 Å². The molecule has 0 saturated carbocycles. The highest BCUT2D eigenvalue weighted by Crippen LogP contribution is 2.09. The second-order valence-electron chi connectivity index (χ2n) is 5.01. The van der Waals surface area contributed by atoms with Crippen LogP contribution in [0.3, 0.4) is 0 Å². The Labute approximate surface area is 128 Å². The highest BCUT2D eigenvalue weighted by molar-refractivity contribution is 7.07. The Bertz CT molecular complexity index is 528. The molecule has 112 valence electrons. The first-order valence-electron chi connectivity index (χ1n) is 7.06. The number of thiophene rings is 1. The number of aliphatic hydroxyl groups is 1. The maximum atomic E-state index is 11.8. The fraction of sp³-hybridized carbons (Fsp3) is 0.375. The summed E-state index contributed by atoms with van der Waals surface area (Å²) in [6.07, 6.45) is 3.66. The normalized spacial score (nSPS) is 12.0. The second-order valence-corrected chi connectivity index (χ2v) is 5.79. The monoisotopic (exact) mass is 304 g/mol. The van der Waals surface area contributed by atoms with Gasteiger partial charge in [0.05, 0.1) is 0 Å². The van der Waals surface area contributed by atoms with Crippen LogP contribution in [0.2, 0.25) is 0 Å². The van der Waals surface area contributed by atoms with Gasteiger partial charge in [-0.25, -0.2) is 0 Å². The number of carbonyl (C=O) groups excluding carboxylic acids is 1. The van der Waals surface area contributed by atoms with Crippen molar-refractivity contribution in [2.75, 3.05) is 13.2 Å². The summed E-state index contributed by atoms with van der Waals surface area (Å²) in [6.45, 7) is 0.525. The molecule has 21 heavy (non-hydrogen) atoms. The van der Waals surface area contributed by atoms with E-state index in [0.29, 0.717) is 19.4 Å². The van der Waals surface area contributed by atoms with E-state index in [1.54, 1.807) is 17.5 Å². The topological polar surface area (TPSA) is 62.2 Å². The van der Waals surface area contributed by atoms with Crippen molar-refractivity contribution in [3.63, 3.8) is 0 Å². The average molecular weight is 304 g/mol. The maximum Gasteiger partial charge on any atom is 0.220 e. The molecule has 0 radical (unpaired) electrons. The van der Waals surface area contributed by atoms with Crippen molar-refractivity contribution in [3.05, 3.63) is 52.5 Å². The van der Waals surface area contributed by atoms with Gasteiger partial charge in [0.15, 0.2) is 0 Å². The van der Waals surface area contributed by atoms with Gasteiger partial charge in [0.1, 0.15) is 0 Å². The fourth-order valence-electron chi connectivity index (χ4n) is 2.06. The molecule has 0 fully saturated rings. The Kier molecular flexibility index (Phi) is 6.37. The molecule has 5 heteroatoms. The Balaban J connectivity index is 1.71. The predicted molar refractivity (Wildman–Crippen MR) is 84.2 cm³/mol. The number of aromatic nitrogens is 1. The van der Waals surface area contributed by atoms with E-state index < -0.39 is 0 Å². The molecule has 0 aliphatic rings. The number of nitrogens with one attached hydrogen (secondary N) is 1. The summed E-state index contributed by atoms with van der Waals surface area (Å²) in [7, 11) is 0. The van der Waals surface area contributed by atoms with Crippen LogP contribution >= 0.6 is 11.3 Å². The molecular formula is C16H20N2O2S. The van der Waals surface area contributed by atoms with Crippen LogP contribution in [0.5, 0.6) is 0 Å². The van der Waals surface area contributed by atoms with Gasteiger partial charge in [-0.1, -0.05) is 6.07 Å². The summed E-state index contributed by atoms with van der Waals surface area (Å²) in [4.78, 5) is 16.0. The van der Waals surface area contributed by atoms with Gasteiger partial charge in [-0.3, -0.25) is 9.78 Å². The van der Waals surface area contributed by atoms with Crippen LogP contribution in [0.1, 0.15) is 17.7 Å². The summed E-state index contributed by atoms with van der Waals surface area (Å²) < 4.78 is 0. The van der Waals surface area contributed by atoms with E-state index in [9.17, 15) is 9.90 Å². The van der Waals surface area contributed by atoms with E-state index in [0.717, 1.165) is 12.1 Å². The highest BCUT2D eigenvalue weighted by Gasteiger charge is 2.11. The van der Waals surface area contributed by atoms with E-state index in [1.165, 1.54) is 5.56 Å². The van der Waals surface area contributed by atoms with Crippen LogP contribution in [0, 0.1) is 5.92 Å². The van der Waals surface area contributed by atoms with Crippen molar-refractivity contribution in [1.29, 1.82) is 0 Å². The third-order valence-electron chi connectivity index (χ3n) is 3.29. The van der Waals surface area contributed by atoms with Crippen molar-refractivity contribution in [1.82, 2.24) is 10.3 Å². The fourth-order valence-corrected chi connectivity index (χ4v) is 2.76. The summed E-state index contributed by atoms with van der Waals surface area (Å²) >= 11 is 1.64. The molecule has 2 aromatic heterocycles. The number of pyridine rings is 1. The van der Waals surface area contributed by atoms with E-state index in [2.05, 4.69) is 15.7 Å². The first-order chi connectivity index (χ1) is 10.3. The van der Waals surface area contributed by atoms with Crippen molar-refractivity contribution in [2.45, 2.75) is 19.3 Å². The third-order valence-corrected chi connectivity index (χ3v) is 4.02. The van der Waals surface area contributed by atoms with Crippen LogP contribution in [0.15, 0.2) is 41.2 Å². The zero-order chi connectivity index (χ0) is 14.9. The second kappa shape index (κ2) is 8.54. The molecule has 0 aliphatic carbocycles. The van der Waals surface area contributed by atoms with E-state index in [-0.39, 0.29) is 18.4 Å². The Hall–Kier alpha value is -1.72. The predicted octanol–water partition coefficient (Wildman–Crippen LogP) is 2.04. The van der Waals surface area contributed by atoms with E-state index in [4.69, 9.17) is 0 Å². The number of aryl methyl sites for hydroxylation is 1. The lowest BCUT2D eigenvalue weighted by atomic mass is 10.0.